The van der Waals surface area contributed by atoms with Crippen molar-refractivity contribution in [3.05, 3.63) is 75.7 Å². The Labute approximate surface area is 186 Å². The first-order valence-electron chi connectivity index (χ1n) is 9.32. The molecule has 0 aromatic heterocycles. The van der Waals surface area contributed by atoms with Gasteiger partial charge in [0, 0.05) is 22.4 Å². The van der Waals surface area contributed by atoms with Gasteiger partial charge in [0.2, 0.25) is 0 Å². The Morgan fingerprint density at radius 1 is 1.19 bits per heavy atom. The number of carbonyl (C=O) groups excluding carboxylic acids is 2. The third kappa shape index (κ3) is 5.46. The molecule has 1 aliphatic heterocycles. The Balaban J connectivity index is 2.43. The van der Waals surface area contributed by atoms with Gasteiger partial charge in [-0.1, -0.05) is 53.4 Å². The molecule has 2 rings (SSSR count). The van der Waals surface area contributed by atoms with Crippen LogP contribution in [0, 0.1) is 11.7 Å². The Hall–Kier alpha value is -2.37. The van der Waals surface area contributed by atoms with Crippen molar-refractivity contribution >= 4 is 38.2 Å². The fourth-order valence-electron chi connectivity index (χ4n) is 2.76. The number of alkyl halides is 2. The van der Waals surface area contributed by atoms with Crippen molar-refractivity contribution < 1.29 is 22.8 Å². The minimum Gasteiger partial charge on any atom is -0.292 e. The molecular formula is C22H23ClF3N2O2P. The molecule has 1 aliphatic rings. The van der Waals surface area contributed by atoms with Crippen molar-refractivity contribution in [2.75, 3.05) is 0 Å². The van der Waals surface area contributed by atoms with E-state index < -0.39 is 28.9 Å². The molecule has 31 heavy (non-hydrogen) atoms. The van der Waals surface area contributed by atoms with Crippen molar-refractivity contribution in [1.82, 2.24) is 10.4 Å². The quantitative estimate of drug-likeness (QED) is 0.319. The van der Waals surface area contributed by atoms with E-state index in [9.17, 15) is 22.8 Å². The van der Waals surface area contributed by atoms with Crippen LogP contribution < -0.4 is 5.43 Å². The summed E-state index contributed by atoms with van der Waals surface area (Å²) in [4.78, 5) is 24.6. The molecular weight excluding hydrogens is 448 g/mol. The van der Waals surface area contributed by atoms with Gasteiger partial charge in [0.05, 0.1) is 5.02 Å². The topological polar surface area (TPSA) is 49.4 Å². The van der Waals surface area contributed by atoms with E-state index in [0.717, 1.165) is 17.2 Å². The zero-order valence-corrected chi connectivity index (χ0v) is 19.4. The highest BCUT2D eigenvalue weighted by Gasteiger charge is 2.34. The minimum atomic E-state index is -3.36. The number of allylic oxidation sites excluding steroid dienone is 5. The van der Waals surface area contributed by atoms with E-state index in [-0.39, 0.29) is 22.1 Å². The maximum Gasteiger partial charge on any atom is 0.284 e. The lowest BCUT2D eigenvalue weighted by atomic mass is 9.98. The predicted molar refractivity (Wildman–Crippen MR) is 119 cm³/mol. The van der Waals surface area contributed by atoms with E-state index in [1.54, 1.807) is 27.7 Å². The lowest BCUT2D eigenvalue weighted by Crippen LogP contribution is -2.44. The highest BCUT2D eigenvalue weighted by atomic mass is 35.5. The van der Waals surface area contributed by atoms with Crippen LogP contribution >= 0.6 is 20.8 Å². The van der Waals surface area contributed by atoms with Gasteiger partial charge < -0.3 is 0 Å². The van der Waals surface area contributed by atoms with Gasteiger partial charge in [-0.15, -0.1) is 0 Å². The lowest BCUT2D eigenvalue weighted by Gasteiger charge is -2.22. The van der Waals surface area contributed by atoms with E-state index >= 15 is 0 Å². The first-order chi connectivity index (χ1) is 14.3. The van der Waals surface area contributed by atoms with Crippen molar-refractivity contribution in [2.45, 2.75) is 33.4 Å². The molecule has 0 saturated heterocycles. The summed E-state index contributed by atoms with van der Waals surface area (Å²) in [6.07, 6.45) is 2.50. The summed E-state index contributed by atoms with van der Waals surface area (Å²) in [5, 5.41) is 0.645. The van der Waals surface area contributed by atoms with Gasteiger partial charge in [0.1, 0.15) is 5.82 Å². The van der Waals surface area contributed by atoms with Crippen molar-refractivity contribution in [2.24, 2.45) is 5.92 Å². The predicted octanol–water partition coefficient (Wildman–Crippen LogP) is 5.64. The number of hydrogen-bond donors (Lipinski definition) is 1. The van der Waals surface area contributed by atoms with Gasteiger partial charge in [-0.2, -0.15) is 13.8 Å². The Morgan fingerprint density at radius 3 is 2.19 bits per heavy atom. The first-order valence-corrected chi connectivity index (χ1v) is 10.3. The van der Waals surface area contributed by atoms with Gasteiger partial charge in [-0.3, -0.25) is 15.0 Å². The van der Waals surface area contributed by atoms with Crippen LogP contribution in [0.5, 0.6) is 0 Å². The summed E-state index contributed by atoms with van der Waals surface area (Å²) >= 11 is 5.77. The number of hydrogen-bond acceptors (Lipinski definition) is 3. The fourth-order valence-corrected chi connectivity index (χ4v) is 3.21. The molecule has 2 amide bonds. The zero-order valence-electron chi connectivity index (χ0n) is 17.5. The lowest BCUT2D eigenvalue weighted by molar-refractivity contribution is -0.140. The molecule has 0 bridgehead atoms. The molecule has 0 saturated carbocycles. The number of carbonyl (C=O) groups is 2. The van der Waals surface area contributed by atoms with Gasteiger partial charge in [-0.05, 0) is 49.1 Å². The van der Waals surface area contributed by atoms with Crippen LogP contribution in [0.15, 0.2) is 59.3 Å². The second-order valence-corrected chi connectivity index (χ2v) is 8.53. The molecule has 4 nitrogen and oxygen atoms in total. The Kier molecular flexibility index (Phi) is 7.56. The van der Waals surface area contributed by atoms with Crippen LogP contribution in [0.3, 0.4) is 0 Å². The fraction of sp³-hybridized carbons (Fsp3) is 0.273. The number of imide groups is 1. The maximum absolute atomic E-state index is 14.3. The number of nitrogens with zero attached hydrogens (tertiary/aromatic N) is 1. The van der Waals surface area contributed by atoms with Crippen molar-refractivity contribution in [3.8, 4) is 0 Å². The molecule has 9 heteroatoms. The van der Waals surface area contributed by atoms with Crippen LogP contribution in [0.2, 0.25) is 5.02 Å². The van der Waals surface area contributed by atoms with Crippen LogP contribution in [0.25, 0.3) is 5.57 Å². The summed E-state index contributed by atoms with van der Waals surface area (Å²) in [7, 11) is 1.44. The maximum atomic E-state index is 14.3. The summed E-state index contributed by atoms with van der Waals surface area (Å²) in [6, 6.07) is 3.59. The highest BCUT2D eigenvalue weighted by Crippen LogP contribution is 2.40. The minimum absolute atomic E-state index is 0.0528. The van der Waals surface area contributed by atoms with Gasteiger partial charge in [-0.25, -0.2) is 4.39 Å². The van der Waals surface area contributed by atoms with E-state index in [0.29, 0.717) is 16.8 Å². The van der Waals surface area contributed by atoms with Gasteiger partial charge in [0.25, 0.3) is 17.5 Å². The molecule has 0 fully saturated rings. The van der Waals surface area contributed by atoms with Crippen LogP contribution in [0.1, 0.15) is 33.3 Å². The number of rotatable bonds is 7. The monoisotopic (exact) mass is 470 g/mol. The van der Waals surface area contributed by atoms with Crippen molar-refractivity contribution in [1.29, 1.82) is 0 Å². The molecule has 0 aliphatic carbocycles. The largest absolute Gasteiger partial charge is 0.292 e. The number of amides is 2. The van der Waals surface area contributed by atoms with Crippen molar-refractivity contribution in [3.63, 3.8) is 0 Å². The molecule has 1 aromatic rings. The molecule has 0 radical (unpaired) electrons. The number of hydrazine groups is 1. The van der Waals surface area contributed by atoms with Crippen LogP contribution in [-0.2, 0) is 9.59 Å². The third-order valence-electron chi connectivity index (χ3n) is 4.86. The number of nitrogens with one attached hydrogen (secondary N) is 1. The van der Waals surface area contributed by atoms with E-state index in [1.165, 1.54) is 27.4 Å². The SMILES string of the molecule is C=C(/C(=C\C=C(\NN1C(=O)C(C)=C(C)C1=O)C(C)C)C(F)(F)P)c1ccc(F)c(Cl)c1. The first kappa shape index (κ1) is 24.9. The molecule has 1 heterocycles. The molecule has 166 valence electrons. The van der Waals surface area contributed by atoms with Gasteiger partial charge in [0.15, 0.2) is 0 Å². The molecule has 1 N–H and O–H groups in total. The summed E-state index contributed by atoms with van der Waals surface area (Å²) in [5.41, 5.74) is 0.0921. The normalized spacial score (nSPS) is 16.0. The summed E-state index contributed by atoms with van der Waals surface area (Å²) < 4.78 is 42.1. The molecule has 1 aromatic carbocycles. The smallest absolute Gasteiger partial charge is 0.284 e. The average Bonchev–Trinajstić information content (AvgIpc) is 2.85. The third-order valence-corrected chi connectivity index (χ3v) is 5.46. The van der Waals surface area contributed by atoms with E-state index in [4.69, 9.17) is 11.6 Å². The van der Waals surface area contributed by atoms with E-state index in [1.807, 2.05) is 0 Å². The standard InChI is InChI=1S/C22H23ClF3N2O2P/c1-11(2)19(27-28-20(29)12(3)13(4)21(28)30)9-7-16(22(25,26)31)14(5)15-6-8-18(24)17(23)10-15/h6-11,27H,5,31H2,1-4H3/b16-7+,19-9+. The summed E-state index contributed by atoms with van der Waals surface area (Å²) in [5.74, 6) is -1.90. The molecule has 1 unspecified atom stereocenters. The number of benzene rings is 1. The summed E-state index contributed by atoms with van der Waals surface area (Å²) in [6.45, 7) is 10.4. The molecule has 1 atom stereocenters. The van der Waals surface area contributed by atoms with Crippen LogP contribution in [0.4, 0.5) is 13.2 Å². The Bertz CT molecular complexity index is 1020. The van der Waals surface area contributed by atoms with Gasteiger partial charge >= 0.3 is 0 Å². The Morgan fingerprint density at radius 2 is 1.74 bits per heavy atom. The number of halogens is 4. The second-order valence-electron chi connectivity index (χ2n) is 7.39. The van der Waals surface area contributed by atoms with Crippen LogP contribution in [-0.4, -0.2) is 22.5 Å². The zero-order chi connectivity index (χ0) is 23.7. The average molecular weight is 471 g/mol. The second kappa shape index (κ2) is 9.41. The highest BCUT2D eigenvalue weighted by molar-refractivity contribution is 7.18. The molecule has 0 spiro atoms. The van der Waals surface area contributed by atoms with E-state index in [2.05, 4.69) is 12.0 Å².